The zero-order chi connectivity index (χ0) is 18.2. The van der Waals surface area contributed by atoms with Crippen molar-refractivity contribution in [2.75, 3.05) is 20.1 Å². The van der Waals surface area contributed by atoms with Crippen LogP contribution in [0, 0.1) is 0 Å². The van der Waals surface area contributed by atoms with Gasteiger partial charge in [0, 0.05) is 57.1 Å². The third kappa shape index (κ3) is 5.30. The average molecular weight is 351 g/mol. The van der Waals surface area contributed by atoms with Crippen molar-refractivity contribution < 1.29 is 0 Å². The van der Waals surface area contributed by atoms with E-state index in [0.717, 1.165) is 44.1 Å². The maximum Gasteiger partial charge on any atom is 0.191 e. The van der Waals surface area contributed by atoms with Crippen LogP contribution in [0.1, 0.15) is 24.6 Å². The van der Waals surface area contributed by atoms with Crippen LogP contribution >= 0.6 is 0 Å². The molecule has 138 valence electrons. The Kier molecular flexibility index (Phi) is 6.61. The summed E-state index contributed by atoms with van der Waals surface area (Å²) in [5.74, 6) is 0.875. The Balaban J connectivity index is 1.45. The third-order valence-corrected chi connectivity index (χ3v) is 4.90. The highest BCUT2D eigenvalue weighted by Crippen LogP contribution is 2.20. The van der Waals surface area contributed by atoms with Gasteiger partial charge in [-0.3, -0.25) is 14.9 Å². The van der Waals surface area contributed by atoms with Crippen molar-refractivity contribution in [2.45, 2.75) is 38.4 Å². The van der Waals surface area contributed by atoms with Gasteiger partial charge in [-0.25, -0.2) is 0 Å². The first-order valence-corrected chi connectivity index (χ1v) is 9.39. The number of hydrogen-bond acceptors (Lipinski definition) is 3. The zero-order valence-corrected chi connectivity index (χ0v) is 15.7. The largest absolute Gasteiger partial charge is 0.356 e. The lowest BCUT2D eigenvalue weighted by Crippen LogP contribution is -2.45. The smallest absolute Gasteiger partial charge is 0.191 e. The van der Waals surface area contributed by atoms with Crippen LogP contribution in [0.25, 0.3) is 0 Å². The number of benzene rings is 1. The summed E-state index contributed by atoms with van der Waals surface area (Å²) in [6, 6.07) is 17.7. The highest BCUT2D eigenvalue weighted by atomic mass is 15.3. The van der Waals surface area contributed by atoms with E-state index >= 15 is 0 Å². The summed E-state index contributed by atoms with van der Waals surface area (Å²) < 4.78 is 0. The van der Waals surface area contributed by atoms with Crippen LogP contribution in [0.3, 0.4) is 0 Å². The predicted molar refractivity (Wildman–Crippen MR) is 107 cm³/mol. The van der Waals surface area contributed by atoms with Gasteiger partial charge in [0.1, 0.15) is 0 Å². The van der Waals surface area contributed by atoms with Gasteiger partial charge in [-0.1, -0.05) is 36.4 Å². The van der Waals surface area contributed by atoms with Crippen LogP contribution in [0.15, 0.2) is 59.7 Å². The van der Waals surface area contributed by atoms with E-state index in [0.29, 0.717) is 12.1 Å². The van der Waals surface area contributed by atoms with E-state index < -0.39 is 0 Å². The number of hydrogen-bond donors (Lipinski definition) is 2. The number of likely N-dealkylation sites (tertiary alicyclic amines) is 1. The third-order valence-electron chi connectivity index (χ3n) is 4.90. The first-order chi connectivity index (χ1) is 12.7. The molecule has 5 nitrogen and oxygen atoms in total. The highest BCUT2D eigenvalue weighted by Gasteiger charge is 2.29. The number of nitrogens with zero attached hydrogens (tertiary/aromatic N) is 3. The fraction of sp³-hybridized carbons (Fsp3) is 0.429. The van der Waals surface area contributed by atoms with Crippen molar-refractivity contribution >= 4 is 5.96 Å². The van der Waals surface area contributed by atoms with Gasteiger partial charge in [0.25, 0.3) is 0 Å². The molecule has 1 aromatic carbocycles. The van der Waals surface area contributed by atoms with E-state index in [1.54, 1.807) is 0 Å². The molecule has 0 spiro atoms. The minimum absolute atomic E-state index is 0.426. The molecule has 0 amide bonds. The van der Waals surface area contributed by atoms with Gasteiger partial charge < -0.3 is 10.6 Å². The van der Waals surface area contributed by atoms with E-state index in [4.69, 9.17) is 0 Å². The number of guanidine groups is 1. The molecule has 1 aliphatic rings. The van der Waals surface area contributed by atoms with Crippen molar-refractivity contribution in [3.63, 3.8) is 0 Å². The molecular formula is C21H29N5. The van der Waals surface area contributed by atoms with Crippen molar-refractivity contribution in [3.8, 4) is 0 Å². The van der Waals surface area contributed by atoms with E-state index in [9.17, 15) is 0 Å². The number of aliphatic imine (C=N–C) groups is 1. The highest BCUT2D eigenvalue weighted by molar-refractivity contribution is 5.80. The van der Waals surface area contributed by atoms with Crippen molar-refractivity contribution in [1.82, 2.24) is 20.5 Å². The van der Waals surface area contributed by atoms with E-state index in [-0.39, 0.29) is 0 Å². The minimum Gasteiger partial charge on any atom is -0.356 e. The molecule has 2 N–H and O–H groups in total. The number of nitrogens with one attached hydrogen (secondary N) is 2. The van der Waals surface area contributed by atoms with Crippen molar-refractivity contribution in [1.29, 1.82) is 0 Å². The first kappa shape index (κ1) is 18.4. The van der Waals surface area contributed by atoms with Gasteiger partial charge in [0.15, 0.2) is 5.96 Å². The quantitative estimate of drug-likeness (QED) is 0.620. The number of rotatable bonds is 6. The van der Waals surface area contributed by atoms with Crippen molar-refractivity contribution in [2.24, 2.45) is 4.99 Å². The van der Waals surface area contributed by atoms with Crippen LogP contribution in [-0.4, -0.2) is 48.1 Å². The molecule has 1 aromatic heterocycles. The Bertz CT molecular complexity index is 686. The van der Waals surface area contributed by atoms with Gasteiger partial charge in [0.05, 0.1) is 0 Å². The monoisotopic (exact) mass is 351 g/mol. The van der Waals surface area contributed by atoms with Crippen molar-refractivity contribution in [3.05, 3.63) is 66.0 Å². The van der Waals surface area contributed by atoms with Crippen LogP contribution in [0.5, 0.6) is 0 Å². The summed E-state index contributed by atoms with van der Waals surface area (Å²) >= 11 is 0. The Morgan fingerprint density at radius 2 is 2.00 bits per heavy atom. The summed E-state index contributed by atoms with van der Waals surface area (Å²) in [5.41, 5.74) is 2.47. The van der Waals surface area contributed by atoms with E-state index in [1.165, 1.54) is 5.56 Å². The van der Waals surface area contributed by atoms with Crippen LogP contribution in [0.4, 0.5) is 0 Å². The second-order valence-electron chi connectivity index (χ2n) is 6.91. The molecule has 5 heteroatoms. The maximum absolute atomic E-state index is 4.37. The summed E-state index contributed by atoms with van der Waals surface area (Å²) in [6.07, 6.45) is 3.86. The molecule has 0 saturated carbocycles. The first-order valence-electron chi connectivity index (χ1n) is 9.39. The Labute approximate surface area is 156 Å². The van der Waals surface area contributed by atoms with Crippen LogP contribution < -0.4 is 10.6 Å². The van der Waals surface area contributed by atoms with Gasteiger partial charge in [0.2, 0.25) is 0 Å². The Morgan fingerprint density at radius 1 is 1.19 bits per heavy atom. The van der Waals surface area contributed by atoms with Gasteiger partial charge in [-0.15, -0.1) is 0 Å². The average Bonchev–Trinajstić information content (AvgIpc) is 3.01. The van der Waals surface area contributed by atoms with Gasteiger partial charge in [-0.05, 0) is 31.0 Å². The van der Waals surface area contributed by atoms with E-state index in [1.807, 2.05) is 25.4 Å². The Hall–Kier alpha value is -2.40. The lowest BCUT2D eigenvalue weighted by Gasteiger charge is -2.21. The fourth-order valence-electron chi connectivity index (χ4n) is 3.48. The van der Waals surface area contributed by atoms with Crippen LogP contribution in [-0.2, 0) is 13.0 Å². The SMILES string of the molecule is CN=C(NCCc1ccccn1)NC1CC(C)N(Cc2ccccc2)C1. The second kappa shape index (κ2) is 9.34. The molecule has 2 aromatic rings. The molecule has 3 rings (SSSR count). The minimum atomic E-state index is 0.426. The predicted octanol–water partition coefficient (Wildman–Crippen LogP) is 2.45. The van der Waals surface area contributed by atoms with Gasteiger partial charge in [-0.2, -0.15) is 0 Å². The molecule has 1 aliphatic heterocycles. The summed E-state index contributed by atoms with van der Waals surface area (Å²) in [7, 11) is 1.83. The molecule has 0 aliphatic carbocycles. The molecule has 1 saturated heterocycles. The summed E-state index contributed by atoms with van der Waals surface area (Å²) in [5, 5.41) is 6.98. The Morgan fingerprint density at radius 3 is 2.73 bits per heavy atom. The topological polar surface area (TPSA) is 52.6 Å². The molecule has 2 atom stereocenters. The second-order valence-corrected chi connectivity index (χ2v) is 6.91. The normalized spacial score (nSPS) is 20.9. The number of pyridine rings is 1. The molecule has 0 bridgehead atoms. The summed E-state index contributed by atoms with van der Waals surface area (Å²) in [6.45, 7) is 5.18. The molecule has 0 radical (unpaired) electrons. The molecule has 2 heterocycles. The number of aromatic nitrogens is 1. The lowest BCUT2D eigenvalue weighted by atomic mass is 10.2. The summed E-state index contributed by atoms with van der Waals surface area (Å²) in [4.78, 5) is 11.3. The van der Waals surface area contributed by atoms with Crippen LogP contribution in [0.2, 0.25) is 0 Å². The molecule has 2 unspecified atom stereocenters. The fourth-order valence-corrected chi connectivity index (χ4v) is 3.48. The molecular weight excluding hydrogens is 322 g/mol. The molecule has 26 heavy (non-hydrogen) atoms. The van der Waals surface area contributed by atoms with Gasteiger partial charge >= 0.3 is 0 Å². The van der Waals surface area contributed by atoms with E-state index in [2.05, 4.69) is 68.8 Å². The maximum atomic E-state index is 4.37. The molecule has 1 fully saturated rings. The standard InChI is InChI=1S/C21H29N5/c1-17-14-20(16-26(17)15-18-8-4-3-5-9-18)25-21(22-2)24-13-11-19-10-6-7-12-23-19/h3-10,12,17,20H,11,13-16H2,1-2H3,(H2,22,24,25). The lowest BCUT2D eigenvalue weighted by molar-refractivity contribution is 0.258. The zero-order valence-electron chi connectivity index (χ0n) is 15.7.